The van der Waals surface area contributed by atoms with Crippen LogP contribution in [0.1, 0.15) is 23.4 Å². The predicted molar refractivity (Wildman–Crippen MR) is 81.4 cm³/mol. The van der Waals surface area contributed by atoms with Gasteiger partial charge in [-0.2, -0.15) is 0 Å². The third-order valence-electron chi connectivity index (χ3n) is 2.66. The number of hydrogen-bond donors (Lipinski definition) is 1. The van der Waals surface area contributed by atoms with Crippen LogP contribution in [-0.4, -0.2) is 11.5 Å². The van der Waals surface area contributed by atoms with E-state index < -0.39 is 0 Å². The Morgan fingerprint density at radius 3 is 3.00 bits per heavy atom. The summed E-state index contributed by atoms with van der Waals surface area (Å²) in [7, 11) is 0. The van der Waals surface area contributed by atoms with E-state index in [-0.39, 0.29) is 0 Å². The molecule has 0 fully saturated rings. The van der Waals surface area contributed by atoms with E-state index in [4.69, 9.17) is 11.6 Å². The Hall–Kier alpha value is -0.420. The molecule has 0 aliphatic carbocycles. The van der Waals surface area contributed by atoms with Gasteiger partial charge in [-0.1, -0.05) is 18.5 Å². The smallest absolute Gasteiger partial charge is 0.0622 e. The van der Waals surface area contributed by atoms with E-state index in [1.54, 1.807) is 23.7 Å². The van der Waals surface area contributed by atoms with Crippen LogP contribution in [-0.2, 0) is 6.42 Å². The molecule has 0 bridgehead atoms. The molecule has 0 saturated heterocycles. The lowest BCUT2D eigenvalue weighted by atomic mass is 10.1. The maximum atomic E-state index is 6.17. The number of nitrogens with zero attached hydrogens (tertiary/aromatic N) is 1. The molecule has 0 spiro atoms. The van der Waals surface area contributed by atoms with Crippen LogP contribution in [0.25, 0.3) is 0 Å². The Morgan fingerprint density at radius 1 is 1.56 bits per heavy atom. The molecule has 2 heterocycles. The first-order valence-corrected chi connectivity index (χ1v) is 7.81. The summed E-state index contributed by atoms with van der Waals surface area (Å²) in [5.74, 6) is 0. The number of rotatable bonds is 5. The molecular formula is C13H14BrClN2S. The predicted octanol–water partition coefficient (Wildman–Crippen LogP) is 4.45. The average molecular weight is 346 g/mol. The summed E-state index contributed by atoms with van der Waals surface area (Å²) in [6.45, 7) is 3.05. The van der Waals surface area contributed by atoms with Crippen LogP contribution < -0.4 is 5.32 Å². The Morgan fingerprint density at radius 2 is 2.39 bits per heavy atom. The van der Waals surface area contributed by atoms with Crippen molar-refractivity contribution in [1.82, 2.24) is 10.3 Å². The van der Waals surface area contributed by atoms with Gasteiger partial charge in [-0.05, 0) is 46.6 Å². The fourth-order valence-electron chi connectivity index (χ4n) is 1.82. The van der Waals surface area contributed by atoms with Crippen LogP contribution in [0.5, 0.6) is 0 Å². The van der Waals surface area contributed by atoms with E-state index >= 15 is 0 Å². The van der Waals surface area contributed by atoms with Crippen molar-refractivity contribution in [2.24, 2.45) is 0 Å². The fourth-order valence-corrected chi connectivity index (χ4v) is 3.54. The van der Waals surface area contributed by atoms with Gasteiger partial charge in [0.1, 0.15) is 0 Å². The Balaban J connectivity index is 2.19. The summed E-state index contributed by atoms with van der Waals surface area (Å²) >= 11 is 11.4. The SMILES string of the molecule is CCNC(Cc1ccncc1Cl)c1cc(Br)cs1. The van der Waals surface area contributed by atoms with Crippen molar-refractivity contribution >= 4 is 38.9 Å². The van der Waals surface area contributed by atoms with Gasteiger partial charge in [0.05, 0.1) is 5.02 Å². The van der Waals surface area contributed by atoms with Gasteiger partial charge in [-0.3, -0.25) is 4.98 Å². The van der Waals surface area contributed by atoms with Crippen molar-refractivity contribution in [3.63, 3.8) is 0 Å². The summed E-state index contributed by atoms with van der Waals surface area (Å²) in [6.07, 6.45) is 4.36. The van der Waals surface area contributed by atoms with E-state index in [1.807, 2.05) is 6.07 Å². The first kappa shape index (κ1) is 14.0. The van der Waals surface area contributed by atoms with Crippen LogP contribution in [0.2, 0.25) is 5.02 Å². The summed E-state index contributed by atoms with van der Waals surface area (Å²) < 4.78 is 1.13. The third kappa shape index (κ3) is 3.54. The quantitative estimate of drug-likeness (QED) is 0.866. The lowest BCUT2D eigenvalue weighted by molar-refractivity contribution is 0.558. The molecule has 96 valence electrons. The molecule has 2 aromatic heterocycles. The van der Waals surface area contributed by atoms with Gasteiger partial charge in [0.25, 0.3) is 0 Å². The van der Waals surface area contributed by atoms with Crippen LogP contribution in [0.4, 0.5) is 0 Å². The van der Waals surface area contributed by atoms with E-state index in [1.165, 1.54) is 4.88 Å². The molecule has 0 radical (unpaired) electrons. The highest BCUT2D eigenvalue weighted by atomic mass is 79.9. The number of thiophene rings is 1. The minimum atomic E-state index is 0.297. The number of pyridine rings is 1. The highest BCUT2D eigenvalue weighted by Gasteiger charge is 2.14. The van der Waals surface area contributed by atoms with Gasteiger partial charge in [0.2, 0.25) is 0 Å². The van der Waals surface area contributed by atoms with Crippen molar-refractivity contribution in [1.29, 1.82) is 0 Å². The van der Waals surface area contributed by atoms with Crippen LogP contribution in [0.15, 0.2) is 34.4 Å². The minimum Gasteiger partial charge on any atom is -0.309 e. The Kier molecular flexibility index (Phi) is 5.18. The zero-order chi connectivity index (χ0) is 13.0. The van der Waals surface area contributed by atoms with E-state index in [9.17, 15) is 0 Å². The molecule has 0 saturated carbocycles. The van der Waals surface area contributed by atoms with E-state index in [2.05, 4.69) is 44.6 Å². The molecule has 2 nitrogen and oxygen atoms in total. The van der Waals surface area contributed by atoms with Crippen LogP contribution in [0.3, 0.4) is 0 Å². The molecule has 2 rings (SSSR count). The van der Waals surface area contributed by atoms with E-state index in [0.29, 0.717) is 6.04 Å². The molecule has 5 heteroatoms. The monoisotopic (exact) mass is 344 g/mol. The van der Waals surface area contributed by atoms with Crippen molar-refractivity contribution in [2.45, 2.75) is 19.4 Å². The highest BCUT2D eigenvalue weighted by Crippen LogP contribution is 2.29. The summed E-state index contributed by atoms with van der Waals surface area (Å²) in [5, 5.41) is 6.34. The zero-order valence-corrected chi connectivity index (χ0v) is 13.1. The fraction of sp³-hybridized carbons (Fsp3) is 0.308. The van der Waals surface area contributed by atoms with Crippen molar-refractivity contribution in [3.8, 4) is 0 Å². The maximum Gasteiger partial charge on any atom is 0.0622 e. The van der Waals surface area contributed by atoms with Crippen LogP contribution >= 0.6 is 38.9 Å². The molecule has 0 aliphatic heterocycles. The van der Waals surface area contributed by atoms with Crippen molar-refractivity contribution in [3.05, 3.63) is 49.8 Å². The Bertz CT molecular complexity index is 515. The standard InChI is InChI=1S/C13H14BrClN2S/c1-2-17-12(13-6-10(14)8-18-13)5-9-3-4-16-7-11(9)15/h3-4,6-8,12,17H,2,5H2,1H3. The Labute approximate surface area is 125 Å². The van der Waals surface area contributed by atoms with Crippen molar-refractivity contribution < 1.29 is 0 Å². The molecule has 1 unspecified atom stereocenters. The number of nitrogens with one attached hydrogen (secondary N) is 1. The topological polar surface area (TPSA) is 24.9 Å². The molecule has 0 aliphatic rings. The molecule has 1 atom stereocenters. The van der Waals surface area contributed by atoms with Crippen molar-refractivity contribution in [2.75, 3.05) is 6.54 Å². The van der Waals surface area contributed by atoms with Gasteiger partial charge in [-0.25, -0.2) is 0 Å². The molecular weight excluding hydrogens is 332 g/mol. The molecule has 0 amide bonds. The second-order valence-electron chi connectivity index (χ2n) is 3.95. The molecule has 18 heavy (non-hydrogen) atoms. The van der Waals surface area contributed by atoms with Gasteiger partial charge in [0.15, 0.2) is 0 Å². The molecule has 0 aromatic carbocycles. The van der Waals surface area contributed by atoms with Gasteiger partial charge >= 0.3 is 0 Å². The lowest BCUT2D eigenvalue weighted by Crippen LogP contribution is -2.22. The zero-order valence-electron chi connectivity index (χ0n) is 9.99. The first-order chi connectivity index (χ1) is 8.70. The third-order valence-corrected chi connectivity index (χ3v) is 4.81. The minimum absolute atomic E-state index is 0.297. The summed E-state index contributed by atoms with van der Waals surface area (Å²) in [4.78, 5) is 5.33. The number of aromatic nitrogens is 1. The summed E-state index contributed by atoms with van der Waals surface area (Å²) in [5.41, 5.74) is 1.13. The van der Waals surface area contributed by atoms with Gasteiger partial charge in [0, 0.05) is 33.2 Å². The first-order valence-electron chi connectivity index (χ1n) is 5.76. The van der Waals surface area contributed by atoms with Gasteiger partial charge in [-0.15, -0.1) is 11.3 Å². The number of hydrogen-bond acceptors (Lipinski definition) is 3. The second-order valence-corrected chi connectivity index (χ2v) is 6.21. The highest BCUT2D eigenvalue weighted by molar-refractivity contribution is 9.10. The average Bonchev–Trinajstić information content (AvgIpc) is 2.78. The summed E-state index contributed by atoms with van der Waals surface area (Å²) in [6, 6.07) is 4.44. The largest absolute Gasteiger partial charge is 0.309 e. The van der Waals surface area contributed by atoms with Gasteiger partial charge < -0.3 is 5.32 Å². The second kappa shape index (κ2) is 6.66. The number of likely N-dealkylation sites (N-methyl/N-ethyl adjacent to an activating group) is 1. The van der Waals surface area contributed by atoms with Crippen LogP contribution in [0, 0.1) is 0 Å². The normalized spacial score (nSPS) is 12.6. The van der Waals surface area contributed by atoms with E-state index in [0.717, 1.165) is 28.0 Å². The molecule has 2 aromatic rings. The lowest BCUT2D eigenvalue weighted by Gasteiger charge is -2.17. The number of halogens is 2. The molecule has 1 N–H and O–H groups in total. The maximum absolute atomic E-state index is 6.17.